The molecule has 1 unspecified atom stereocenters. The highest BCUT2D eigenvalue weighted by Crippen LogP contribution is 2.23. The molecule has 3 heteroatoms. The topological polar surface area (TPSA) is 3.24 Å². The van der Waals surface area contributed by atoms with Crippen LogP contribution in [0.15, 0.2) is 17.5 Å². The maximum atomic E-state index is 5.65. The highest BCUT2D eigenvalue weighted by atomic mass is 35.5. The van der Waals surface area contributed by atoms with Crippen LogP contribution in [0.3, 0.4) is 0 Å². The predicted octanol–water partition coefficient (Wildman–Crippen LogP) is 4.15. The zero-order valence-corrected chi connectivity index (χ0v) is 11.2. The molecule has 0 spiro atoms. The minimum Gasteiger partial charge on any atom is -0.299 e. The maximum Gasteiger partial charge on any atom is 0.0410 e. The van der Waals surface area contributed by atoms with Crippen LogP contribution in [0.4, 0.5) is 0 Å². The first-order chi connectivity index (χ1) is 7.25. The molecular weight excluding hydrogens is 226 g/mol. The summed E-state index contributed by atoms with van der Waals surface area (Å²) in [6.07, 6.45) is 3.63. The molecule has 0 amide bonds. The van der Waals surface area contributed by atoms with Crippen molar-refractivity contribution in [2.45, 2.75) is 32.2 Å². The molecule has 1 aromatic rings. The molecule has 0 aliphatic rings. The van der Waals surface area contributed by atoms with E-state index in [4.69, 9.17) is 11.6 Å². The molecule has 1 heterocycles. The van der Waals surface area contributed by atoms with E-state index in [1.165, 1.54) is 17.7 Å². The van der Waals surface area contributed by atoms with Gasteiger partial charge in [0.15, 0.2) is 0 Å². The maximum absolute atomic E-state index is 5.65. The number of hydrogen-bond donors (Lipinski definition) is 0. The second-order valence-electron chi connectivity index (χ2n) is 3.92. The molecule has 0 aliphatic heterocycles. The Kier molecular flexibility index (Phi) is 6.30. The summed E-state index contributed by atoms with van der Waals surface area (Å²) >= 11 is 7.49. The lowest BCUT2D eigenvalue weighted by Gasteiger charge is -2.23. The van der Waals surface area contributed by atoms with Gasteiger partial charge in [0.2, 0.25) is 0 Å². The van der Waals surface area contributed by atoms with E-state index in [9.17, 15) is 0 Å². The number of thiophene rings is 1. The molecule has 0 N–H and O–H groups in total. The fourth-order valence-corrected chi connectivity index (χ4v) is 2.61. The molecule has 0 radical (unpaired) electrons. The largest absolute Gasteiger partial charge is 0.299 e. The van der Waals surface area contributed by atoms with Gasteiger partial charge in [-0.05, 0) is 44.8 Å². The summed E-state index contributed by atoms with van der Waals surface area (Å²) in [4.78, 5) is 3.87. The Labute approximate surface area is 102 Å². The minimum absolute atomic E-state index is 0.543. The number of hydrogen-bond acceptors (Lipinski definition) is 2. The zero-order chi connectivity index (χ0) is 11.1. The molecule has 0 aliphatic carbocycles. The van der Waals surface area contributed by atoms with Gasteiger partial charge < -0.3 is 0 Å². The summed E-state index contributed by atoms with van der Waals surface area (Å²) in [6.45, 7) is 3.43. The van der Waals surface area contributed by atoms with Crippen molar-refractivity contribution in [2.24, 2.45) is 0 Å². The Hall–Kier alpha value is -0.0500. The lowest BCUT2D eigenvalue weighted by atomic mass is 10.2. The van der Waals surface area contributed by atoms with Gasteiger partial charge in [0.25, 0.3) is 0 Å². The van der Waals surface area contributed by atoms with Gasteiger partial charge in [-0.3, -0.25) is 4.90 Å². The monoisotopic (exact) mass is 245 g/mol. The first-order valence-corrected chi connectivity index (χ1v) is 6.96. The molecule has 1 rings (SSSR count). The van der Waals surface area contributed by atoms with E-state index in [1.807, 2.05) is 11.3 Å². The molecule has 0 bridgehead atoms. The van der Waals surface area contributed by atoms with E-state index in [0.29, 0.717) is 6.04 Å². The molecule has 1 atom stereocenters. The number of rotatable bonds is 7. The molecule has 0 fully saturated rings. The normalized spacial score (nSPS) is 13.3. The summed E-state index contributed by atoms with van der Waals surface area (Å²) in [5, 5.41) is 2.15. The van der Waals surface area contributed by atoms with Crippen LogP contribution < -0.4 is 0 Å². The Bertz CT molecular complexity index is 248. The van der Waals surface area contributed by atoms with Crippen LogP contribution in [0.25, 0.3) is 0 Å². The van der Waals surface area contributed by atoms with Gasteiger partial charge in [-0.1, -0.05) is 12.5 Å². The fraction of sp³-hybridized carbons (Fsp3) is 0.667. The van der Waals surface area contributed by atoms with Crippen LogP contribution in [0.2, 0.25) is 0 Å². The summed E-state index contributed by atoms with van der Waals surface area (Å²) < 4.78 is 0. The first-order valence-electron chi connectivity index (χ1n) is 5.55. The van der Waals surface area contributed by atoms with Gasteiger partial charge in [-0.2, -0.15) is 0 Å². The third-order valence-corrected chi connectivity index (χ3v) is 4.07. The molecular formula is C12H20ClNS. The van der Waals surface area contributed by atoms with Crippen LogP contribution in [0.5, 0.6) is 0 Å². The van der Waals surface area contributed by atoms with Gasteiger partial charge in [-0.25, -0.2) is 0 Å². The average Bonchev–Trinajstić information content (AvgIpc) is 2.76. The molecule has 0 saturated carbocycles. The smallest absolute Gasteiger partial charge is 0.0410 e. The highest BCUT2D eigenvalue weighted by Gasteiger charge is 2.11. The van der Waals surface area contributed by atoms with E-state index < -0.39 is 0 Å². The average molecular weight is 246 g/mol. The molecule has 86 valence electrons. The van der Waals surface area contributed by atoms with Crippen molar-refractivity contribution in [1.29, 1.82) is 0 Å². The van der Waals surface area contributed by atoms with E-state index in [-0.39, 0.29) is 0 Å². The summed E-state index contributed by atoms with van der Waals surface area (Å²) in [5.41, 5.74) is 0. The second-order valence-corrected chi connectivity index (χ2v) is 5.28. The van der Waals surface area contributed by atoms with Crippen molar-refractivity contribution < 1.29 is 0 Å². The van der Waals surface area contributed by atoms with Crippen LogP contribution >= 0.6 is 22.9 Å². The lowest BCUT2D eigenvalue weighted by molar-refractivity contribution is 0.259. The molecule has 1 aromatic heterocycles. The molecule has 0 saturated heterocycles. The van der Waals surface area contributed by atoms with Gasteiger partial charge in [0, 0.05) is 16.8 Å². The minimum atomic E-state index is 0.543. The summed E-state index contributed by atoms with van der Waals surface area (Å²) in [5.74, 6) is 0.796. The first kappa shape index (κ1) is 13.0. The van der Waals surface area contributed by atoms with Crippen molar-refractivity contribution in [3.63, 3.8) is 0 Å². The number of nitrogens with zero attached hydrogens (tertiary/aromatic N) is 1. The highest BCUT2D eigenvalue weighted by molar-refractivity contribution is 7.10. The third kappa shape index (κ3) is 4.54. The predicted molar refractivity (Wildman–Crippen MR) is 69.9 cm³/mol. The number of alkyl halides is 1. The summed E-state index contributed by atoms with van der Waals surface area (Å²) in [7, 11) is 2.20. The summed E-state index contributed by atoms with van der Waals surface area (Å²) in [6, 6.07) is 4.88. The van der Waals surface area contributed by atoms with E-state index >= 15 is 0 Å². The van der Waals surface area contributed by atoms with Gasteiger partial charge in [0.1, 0.15) is 0 Å². The van der Waals surface area contributed by atoms with Crippen molar-refractivity contribution in [2.75, 3.05) is 19.5 Å². The van der Waals surface area contributed by atoms with Crippen molar-refractivity contribution in [3.8, 4) is 0 Å². The van der Waals surface area contributed by atoms with E-state index in [2.05, 4.69) is 36.4 Å². The van der Waals surface area contributed by atoms with Crippen LogP contribution in [0.1, 0.15) is 37.1 Å². The second kappa shape index (κ2) is 7.26. The Morgan fingerprint density at radius 3 is 2.80 bits per heavy atom. The standard InChI is InChI=1S/C12H20ClNS/c1-11(12-7-6-10-15-12)14(2)9-5-3-4-8-13/h6-7,10-11H,3-5,8-9H2,1-2H3. The Balaban J connectivity index is 2.24. The fourth-order valence-electron chi connectivity index (χ4n) is 1.57. The number of halogens is 1. The van der Waals surface area contributed by atoms with Gasteiger partial charge in [-0.15, -0.1) is 22.9 Å². The zero-order valence-electron chi connectivity index (χ0n) is 9.58. The third-order valence-electron chi connectivity index (χ3n) is 2.76. The SMILES string of the molecule is CC(c1cccs1)N(C)CCCCCCl. The van der Waals surface area contributed by atoms with Crippen LogP contribution in [-0.2, 0) is 0 Å². The van der Waals surface area contributed by atoms with Crippen molar-refractivity contribution in [3.05, 3.63) is 22.4 Å². The molecule has 15 heavy (non-hydrogen) atoms. The quantitative estimate of drug-likeness (QED) is 0.515. The number of unbranched alkanes of at least 4 members (excludes halogenated alkanes) is 2. The van der Waals surface area contributed by atoms with E-state index in [1.54, 1.807) is 0 Å². The molecule has 1 nitrogen and oxygen atoms in total. The van der Waals surface area contributed by atoms with E-state index in [0.717, 1.165) is 18.8 Å². The van der Waals surface area contributed by atoms with Gasteiger partial charge in [0.05, 0.1) is 0 Å². The lowest BCUT2D eigenvalue weighted by Crippen LogP contribution is -2.22. The van der Waals surface area contributed by atoms with Crippen molar-refractivity contribution in [1.82, 2.24) is 4.90 Å². The van der Waals surface area contributed by atoms with Crippen LogP contribution in [0, 0.1) is 0 Å². The Morgan fingerprint density at radius 2 is 2.20 bits per heavy atom. The molecule has 0 aromatic carbocycles. The van der Waals surface area contributed by atoms with Gasteiger partial charge >= 0.3 is 0 Å². The van der Waals surface area contributed by atoms with Crippen molar-refractivity contribution >= 4 is 22.9 Å². The van der Waals surface area contributed by atoms with Crippen LogP contribution in [-0.4, -0.2) is 24.4 Å². The Morgan fingerprint density at radius 1 is 1.40 bits per heavy atom.